The lowest BCUT2D eigenvalue weighted by Crippen LogP contribution is -2.31. The van der Waals surface area contributed by atoms with Gasteiger partial charge in [0.1, 0.15) is 11.5 Å². The van der Waals surface area contributed by atoms with E-state index in [9.17, 15) is 14.9 Å². The molecule has 0 radical (unpaired) electrons. The molecule has 0 saturated carbocycles. The number of carbonyl (C=O) groups excluding carboxylic acids is 2. The van der Waals surface area contributed by atoms with Crippen LogP contribution < -0.4 is 20.1 Å². The Kier molecular flexibility index (Phi) is 6.99. The fourth-order valence-corrected chi connectivity index (χ4v) is 4.04. The number of para-hydroxylation sites is 1. The van der Waals surface area contributed by atoms with Crippen LogP contribution in [0.15, 0.2) is 59.1 Å². The summed E-state index contributed by atoms with van der Waals surface area (Å²) in [6, 6.07) is 16.5. The third-order valence-corrected chi connectivity index (χ3v) is 5.61. The third kappa shape index (κ3) is 4.93. The topological polar surface area (TPSA) is 100 Å². The molecule has 1 aliphatic rings. The van der Waals surface area contributed by atoms with Gasteiger partial charge in [0, 0.05) is 23.6 Å². The van der Waals surface area contributed by atoms with Gasteiger partial charge in [-0.3, -0.25) is 9.59 Å². The van der Waals surface area contributed by atoms with Gasteiger partial charge >= 0.3 is 0 Å². The number of rotatable bonds is 7. The summed E-state index contributed by atoms with van der Waals surface area (Å²) in [5.74, 6) is 0.481. The van der Waals surface area contributed by atoms with E-state index in [0.29, 0.717) is 27.8 Å². The first-order valence-electron chi connectivity index (χ1n) is 9.19. The number of carbonyl (C=O) groups is 2. The molecule has 2 aromatic carbocycles. The fourth-order valence-electron chi connectivity index (χ4n) is 3.16. The number of amides is 2. The zero-order valence-corrected chi connectivity index (χ0v) is 17.4. The van der Waals surface area contributed by atoms with Crippen molar-refractivity contribution >= 4 is 29.3 Å². The second-order valence-corrected chi connectivity index (χ2v) is 7.45. The minimum absolute atomic E-state index is 0.0471. The molecule has 7 nitrogen and oxygen atoms in total. The molecule has 8 heteroatoms. The number of nitrogens with zero attached hydrogens (tertiary/aromatic N) is 1. The van der Waals surface area contributed by atoms with Crippen LogP contribution in [0, 0.1) is 11.3 Å². The van der Waals surface area contributed by atoms with E-state index in [1.54, 1.807) is 44.6 Å². The summed E-state index contributed by atoms with van der Waals surface area (Å²) in [5.41, 5.74) is 1.82. The highest BCUT2D eigenvalue weighted by atomic mass is 32.2. The molecule has 2 aromatic rings. The van der Waals surface area contributed by atoms with Crippen molar-refractivity contribution < 1.29 is 19.1 Å². The zero-order chi connectivity index (χ0) is 21.5. The van der Waals surface area contributed by atoms with Gasteiger partial charge in [0.25, 0.3) is 0 Å². The lowest BCUT2D eigenvalue weighted by molar-refractivity contribution is -0.121. The fraction of sp³-hybridized carbons (Fsp3) is 0.227. The van der Waals surface area contributed by atoms with Crippen molar-refractivity contribution in [3.63, 3.8) is 0 Å². The molecule has 0 saturated heterocycles. The number of benzene rings is 2. The Morgan fingerprint density at radius 2 is 1.93 bits per heavy atom. The normalized spacial score (nSPS) is 15.8. The summed E-state index contributed by atoms with van der Waals surface area (Å²) >= 11 is 1.13. The molecule has 2 amide bonds. The largest absolute Gasteiger partial charge is 0.497 e. The predicted octanol–water partition coefficient (Wildman–Crippen LogP) is 3.41. The third-order valence-electron chi connectivity index (χ3n) is 4.59. The van der Waals surface area contributed by atoms with Gasteiger partial charge in [-0.2, -0.15) is 5.26 Å². The highest BCUT2D eigenvalue weighted by molar-refractivity contribution is 8.03. The van der Waals surface area contributed by atoms with Crippen LogP contribution in [0.5, 0.6) is 11.5 Å². The van der Waals surface area contributed by atoms with Gasteiger partial charge in [-0.1, -0.05) is 30.0 Å². The van der Waals surface area contributed by atoms with Gasteiger partial charge in [0.15, 0.2) is 0 Å². The molecule has 0 fully saturated rings. The average Bonchev–Trinajstić information content (AvgIpc) is 2.77. The lowest BCUT2D eigenvalue weighted by atomic mass is 9.86. The van der Waals surface area contributed by atoms with Crippen molar-refractivity contribution in [3.8, 4) is 17.6 Å². The number of allylic oxidation sites excluding steroid dienone is 1. The van der Waals surface area contributed by atoms with Crippen molar-refractivity contribution in [2.24, 2.45) is 0 Å². The molecule has 1 aliphatic heterocycles. The van der Waals surface area contributed by atoms with E-state index in [1.165, 1.54) is 0 Å². The number of hydrogen-bond acceptors (Lipinski definition) is 6. The smallest absolute Gasteiger partial charge is 0.234 e. The van der Waals surface area contributed by atoms with Gasteiger partial charge in [0.05, 0.1) is 36.6 Å². The average molecular weight is 423 g/mol. The van der Waals surface area contributed by atoms with E-state index in [4.69, 9.17) is 9.47 Å². The number of methoxy groups -OCH3 is 2. The molecule has 2 N–H and O–H groups in total. The van der Waals surface area contributed by atoms with Crippen molar-refractivity contribution in [2.75, 3.05) is 25.3 Å². The van der Waals surface area contributed by atoms with E-state index < -0.39 is 5.92 Å². The van der Waals surface area contributed by atoms with Crippen LogP contribution in [0.2, 0.25) is 0 Å². The Hall–Kier alpha value is -3.44. The van der Waals surface area contributed by atoms with E-state index in [1.807, 2.05) is 18.2 Å². The van der Waals surface area contributed by atoms with Gasteiger partial charge in [-0.25, -0.2) is 0 Å². The number of thioether (sulfide) groups is 1. The summed E-state index contributed by atoms with van der Waals surface area (Å²) in [7, 11) is 3.12. The van der Waals surface area contributed by atoms with E-state index in [-0.39, 0.29) is 24.0 Å². The quantitative estimate of drug-likeness (QED) is 0.708. The highest BCUT2D eigenvalue weighted by Gasteiger charge is 2.31. The van der Waals surface area contributed by atoms with Crippen LogP contribution in [-0.2, 0) is 9.59 Å². The summed E-state index contributed by atoms with van der Waals surface area (Å²) < 4.78 is 10.5. The first kappa shape index (κ1) is 21.3. The first-order chi connectivity index (χ1) is 14.5. The van der Waals surface area contributed by atoms with Crippen molar-refractivity contribution in [1.29, 1.82) is 5.26 Å². The van der Waals surface area contributed by atoms with Crippen LogP contribution in [-0.4, -0.2) is 31.8 Å². The molecule has 0 aromatic heterocycles. The zero-order valence-electron chi connectivity index (χ0n) is 16.6. The minimum atomic E-state index is -0.424. The number of hydrogen-bond donors (Lipinski definition) is 2. The molecule has 30 heavy (non-hydrogen) atoms. The molecule has 1 heterocycles. The molecule has 154 valence electrons. The molecule has 3 rings (SSSR count). The Morgan fingerprint density at radius 3 is 2.60 bits per heavy atom. The molecular formula is C22H21N3O4S. The molecule has 0 spiro atoms. The maximum Gasteiger partial charge on any atom is 0.234 e. The Bertz CT molecular complexity index is 1010. The highest BCUT2D eigenvalue weighted by Crippen LogP contribution is 2.39. The van der Waals surface area contributed by atoms with Crippen molar-refractivity contribution in [1.82, 2.24) is 5.32 Å². The number of anilines is 1. The van der Waals surface area contributed by atoms with E-state index in [2.05, 4.69) is 16.7 Å². The van der Waals surface area contributed by atoms with Crippen LogP contribution in [0.4, 0.5) is 5.69 Å². The summed E-state index contributed by atoms with van der Waals surface area (Å²) in [6.45, 7) is 0. The van der Waals surface area contributed by atoms with Gasteiger partial charge < -0.3 is 20.1 Å². The standard InChI is InChI=1S/C22H21N3O4S/c1-28-15-9-7-14(8-10-15)24-21(27)13-30-22-18(12-23)17(11-20(26)25-22)16-5-3-4-6-19(16)29-2/h3-10,17H,11,13H2,1-2H3,(H,24,27)(H,25,26)/t17-/m1/s1. The first-order valence-corrected chi connectivity index (χ1v) is 10.2. The summed E-state index contributed by atoms with van der Waals surface area (Å²) in [6.07, 6.45) is 0.144. The van der Waals surface area contributed by atoms with Crippen LogP contribution >= 0.6 is 11.8 Å². The molecule has 0 unspecified atom stereocenters. The molecular weight excluding hydrogens is 402 g/mol. The Morgan fingerprint density at radius 1 is 1.20 bits per heavy atom. The summed E-state index contributed by atoms with van der Waals surface area (Å²) in [5, 5.41) is 15.7. The minimum Gasteiger partial charge on any atom is -0.497 e. The second kappa shape index (κ2) is 9.85. The maximum atomic E-state index is 12.3. The monoisotopic (exact) mass is 423 g/mol. The number of nitrogens with one attached hydrogen (secondary N) is 2. The second-order valence-electron chi connectivity index (χ2n) is 6.47. The SMILES string of the molecule is COc1ccc(NC(=O)CSC2=C(C#N)[C@@H](c3ccccc3OC)CC(=O)N2)cc1. The van der Waals surface area contributed by atoms with Gasteiger partial charge in [-0.15, -0.1) is 0 Å². The molecule has 0 aliphatic carbocycles. The number of ether oxygens (including phenoxy) is 2. The van der Waals surface area contributed by atoms with E-state index >= 15 is 0 Å². The van der Waals surface area contributed by atoms with Crippen LogP contribution in [0.1, 0.15) is 17.9 Å². The van der Waals surface area contributed by atoms with Crippen molar-refractivity contribution in [2.45, 2.75) is 12.3 Å². The predicted molar refractivity (Wildman–Crippen MR) is 115 cm³/mol. The van der Waals surface area contributed by atoms with E-state index in [0.717, 1.165) is 17.3 Å². The summed E-state index contributed by atoms with van der Waals surface area (Å²) in [4.78, 5) is 24.6. The van der Waals surface area contributed by atoms with Gasteiger partial charge in [-0.05, 0) is 30.3 Å². The number of nitriles is 1. The Labute approximate surface area is 179 Å². The van der Waals surface area contributed by atoms with Gasteiger partial charge in [0.2, 0.25) is 11.8 Å². The van der Waals surface area contributed by atoms with Crippen molar-refractivity contribution in [3.05, 3.63) is 64.7 Å². The maximum absolute atomic E-state index is 12.3. The lowest BCUT2D eigenvalue weighted by Gasteiger charge is -2.26. The van der Waals surface area contributed by atoms with Crippen LogP contribution in [0.25, 0.3) is 0 Å². The molecule has 1 atom stereocenters. The van der Waals surface area contributed by atoms with Crippen LogP contribution in [0.3, 0.4) is 0 Å². The Balaban J connectivity index is 1.75. The molecule has 0 bridgehead atoms.